The van der Waals surface area contributed by atoms with Crippen LogP contribution in [0.25, 0.3) is 0 Å². The third kappa shape index (κ3) is 7.50. The fraction of sp³-hybridized carbons (Fsp3) is 0.500. The van der Waals surface area contributed by atoms with Crippen molar-refractivity contribution in [2.75, 3.05) is 25.5 Å². The number of alkyl halides is 3. The topological polar surface area (TPSA) is 111 Å². The first-order valence-corrected chi connectivity index (χ1v) is 14.9. The van der Waals surface area contributed by atoms with Gasteiger partial charge in [-0.05, 0) is 55.4 Å². The molecule has 1 saturated heterocycles. The highest BCUT2D eigenvalue weighted by molar-refractivity contribution is 6.04. The number of aliphatic hydroxyl groups is 1. The number of hydrogen-bond donors (Lipinski definition) is 4. The molecular weight excluding hydrogens is 571 g/mol. The van der Waals surface area contributed by atoms with Crippen LogP contribution in [0, 0.1) is 11.3 Å². The Morgan fingerprint density at radius 1 is 1.34 bits per heavy atom. The molecular formula is C32H43F3N7O2+. The minimum Gasteiger partial charge on any atom is -0.379 e. The quantitative estimate of drug-likeness (QED) is 0.127. The van der Waals surface area contributed by atoms with Crippen molar-refractivity contribution in [3.63, 3.8) is 0 Å². The Labute approximate surface area is 256 Å². The van der Waals surface area contributed by atoms with Crippen molar-refractivity contribution >= 4 is 24.7 Å². The van der Waals surface area contributed by atoms with Crippen molar-refractivity contribution < 1.29 is 23.1 Å². The molecule has 2 aromatic rings. The van der Waals surface area contributed by atoms with Gasteiger partial charge in [0.15, 0.2) is 13.3 Å². The van der Waals surface area contributed by atoms with E-state index >= 15 is 0 Å². The Kier molecular flexibility index (Phi) is 10.2. The Morgan fingerprint density at radius 2 is 2.07 bits per heavy atom. The largest absolute Gasteiger partial charge is 0.426 e. The zero-order valence-electron chi connectivity index (χ0n) is 25.6. The first kappa shape index (κ1) is 33.2. The van der Waals surface area contributed by atoms with Crippen LogP contribution in [0.15, 0.2) is 48.8 Å². The van der Waals surface area contributed by atoms with Gasteiger partial charge in [0, 0.05) is 55.1 Å². The Bertz CT molecular complexity index is 1470. The van der Waals surface area contributed by atoms with Crippen molar-refractivity contribution in [3.8, 4) is 0 Å². The first-order chi connectivity index (χ1) is 20.8. The van der Waals surface area contributed by atoms with Crippen LogP contribution >= 0.6 is 0 Å². The number of halogens is 3. The highest BCUT2D eigenvalue weighted by atomic mass is 19.4. The summed E-state index contributed by atoms with van der Waals surface area (Å²) in [6.07, 6.45) is 0.495. The van der Waals surface area contributed by atoms with Crippen LogP contribution in [0.4, 0.5) is 18.9 Å². The third-order valence-electron chi connectivity index (χ3n) is 8.64. The molecule has 9 nitrogen and oxygen atoms in total. The molecule has 1 aliphatic heterocycles. The predicted octanol–water partition coefficient (Wildman–Crippen LogP) is 3.58. The number of likely N-dealkylation sites (tertiary alicyclic amines) is 1. The first-order valence-electron chi connectivity index (χ1n) is 14.9. The van der Waals surface area contributed by atoms with Gasteiger partial charge in [0.2, 0.25) is 0 Å². The van der Waals surface area contributed by atoms with Gasteiger partial charge in [0.05, 0.1) is 12.5 Å². The van der Waals surface area contributed by atoms with E-state index in [2.05, 4.69) is 40.4 Å². The molecule has 2 atom stereocenters. The fourth-order valence-corrected chi connectivity index (χ4v) is 6.48. The van der Waals surface area contributed by atoms with Gasteiger partial charge in [-0.1, -0.05) is 32.6 Å². The third-order valence-corrected chi connectivity index (χ3v) is 8.64. The molecule has 1 saturated carbocycles. The average Bonchev–Trinajstić information content (AvgIpc) is 3.39. The van der Waals surface area contributed by atoms with Crippen LogP contribution in [-0.4, -0.2) is 77.0 Å². The SMILES string of the molecule is C=[N+]=c1c(C(=O)Nc2cccc(C3(C(=C)N(C)C=N)CC(C)C3)c2)cc(CN2CCC(NC(O)CC)C2)cn1CC(F)(F)F. The van der Waals surface area contributed by atoms with E-state index in [9.17, 15) is 23.1 Å². The Hall–Kier alpha value is -3.70. The standard InChI is InChI=1S/C32H42F3N7O2/c1-6-28(43)38-26-10-11-41(18-26)16-23-12-27(29(37-4)42(17-23)19-32(33,34)35)30(44)39-25-9-7-8-24(13-25)31(14-21(2)15-31)22(3)40(5)20-36/h7-9,12-13,17,20-21,26,28,36,38,43H,3-4,6,10-11,14-16,18-19H2,1-2,5H3/p+1. The molecule has 1 aromatic carbocycles. The number of aromatic nitrogens is 1. The van der Waals surface area contributed by atoms with Gasteiger partial charge in [-0.15, -0.1) is 0 Å². The Morgan fingerprint density at radius 3 is 2.68 bits per heavy atom. The van der Waals surface area contributed by atoms with E-state index in [1.165, 1.54) is 12.5 Å². The minimum absolute atomic E-state index is 0.0117. The summed E-state index contributed by atoms with van der Waals surface area (Å²) in [6.45, 7) is 12.1. The molecule has 12 heteroatoms. The zero-order chi connectivity index (χ0) is 32.2. The number of carbonyl (C=O) groups excluding carboxylic acids is 1. The van der Waals surface area contributed by atoms with Crippen LogP contribution in [-0.2, 0) is 18.5 Å². The lowest BCUT2D eigenvalue weighted by atomic mass is 9.57. The number of benzene rings is 1. The molecule has 1 aliphatic carbocycles. The van der Waals surface area contributed by atoms with Crippen molar-refractivity contribution in [1.29, 1.82) is 5.41 Å². The maximum absolute atomic E-state index is 13.7. The number of amides is 1. The summed E-state index contributed by atoms with van der Waals surface area (Å²) in [5.74, 6) is -0.128. The predicted molar refractivity (Wildman–Crippen MR) is 166 cm³/mol. The number of hydrogen-bond acceptors (Lipinski definition) is 5. The molecule has 4 N–H and O–H groups in total. The molecule has 2 heterocycles. The van der Waals surface area contributed by atoms with Crippen LogP contribution < -0.4 is 20.8 Å². The fourth-order valence-electron chi connectivity index (χ4n) is 6.48. The lowest BCUT2D eigenvalue weighted by Gasteiger charge is -2.50. The lowest BCUT2D eigenvalue weighted by molar-refractivity contribution is -0.141. The maximum Gasteiger partial charge on any atom is 0.426 e. The normalized spacial score (nSPS) is 22.5. The van der Waals surface area contributed by atoms with Crippen LogP contribution in [0.2, 0.25) is 0 Å². The number of anilines is 1. The summed E-state index contributed by atoms with van der Waals surface area (Å²) in [5, 5.41) is 23.7. The number of pyridine rings is 1. The van der Waals surface area contributed by atoms with E-state index < -0.39 is 24.9 Å². The molecule has 0 bridgehead atoms. The van der Waals surface area contributed by atoms with Crippen molar-refractivity contribution in [2.24, 2.45) is 5.92 Å². The second kappa shape index (κ2) is 13.5. The summed E-state index contributed by atoms with van der Waals surface area (Å²) >= 11 is 0. The minimum atomic E-state index is -4.54. The number of allylic oxidation sites excluding steroid dienone is 1. The van der Waals surface area contributed by atoms with E-state index in [-0.39, 0.29) is 22.5 Å². The molecule has 2 unspecified atom stereocenters. The summed E-state index contributed by atoms with van der Waals surface area (Å²) in [4.78, 5) is 17.5. The van der Waals surface area contributed by atoms with Crippen LogP contribution in [0.1, 0.15) is 61.0 Å². The maximum atomic E-state index is 13.7. The highest BCUT2D eigenvalue weighted by Gasteiger charge is 2.47. The van der Waals surface area contributed by atoms with E-state index in [4.69, 9.17) is 5.41 Å². The second-order valence-electron chi connectivity index (χ2n) is 12.1. The summed E-state index contributed by atoms with van der Waals surface area (Å²) in [7, 11) is 1.78. The van der Waals surface area contributed by atoms with Gasteiger partial charge in [0.1, 0.15) is 11.8 Å². The number of likely N-dealkylation sites (N-methyl/N-ethyl adjacent to an activating group) is 1. The number of nitrogens with one attached hydrogen (secondary N) is 3. The summed E-state index contributed by atoms with van der Waals surface area (Å²) < 4.78 is 45.6. The number of rotatable bonds is 12. The van der Waals surface area contributed by atoms with Gasteiger partial charge in [0.25, 0.3) is 5.91 Å². The molecule has 4 rings (SSSR count). The second-order valence-corrected chi connectivity index (χ2v) is 12.1. The van der Waals surface area contributed by atoms with E-state index in [1.54, 1.807) is 24.1 Å². The number of nitrogens with zero attached hydrogens (tertiary/aromatic N) is 4. The number of aliphatic hydroxyl groups excluding tert-OH is 1. The van der Waals surface area contributed by atoms with Gasteiger partial charge < -0.3 is 15.3 Å². The molecule has 1 aromatic heterocycles. The van der Waals surface area contributed by atoms with Gasteiger partial charge in [-0.2, -0.15) is 13.2 Å². The zero-order valence-corrected chi connectivity index (χ0v) is 25.6. The van der Waals surface area contributed by atoms with Gasteiger partial charge in [-0.3, -0.25) is 20.4 Å². The molecule has 0 radical (unpaired) electrons. The summed E-state index contributed by atoms with van der Waals surface area (Å²) in [6, 6.07) is 9.03. The van der Waals surface area contributed by atoms with Gasteiger partial charge in [-0.25, -0.2) is 9.24 Å². The van der Waals surface area contributed by atoms with E-state index in [0.717, 1.165) is 35.1 Å². The van der Waals surface area contributed by atoms with Crippen molar-refractivity contribution in [3.05, 3.63) is 71.0 Å². The average molecular weight is 615 g/mol. The molecule has 238 valence electrons. The molecule has 44 heavy (non-hydrogen) atoms. The van der Waals surface area contributed by atoms with Crippen LogP contribution in [0.3, 0.4) is 0 Å². The van der Waals surface area contributed by atoms with E-state index in [1.807, 2.05) is 25.1 Å². The monoisotopic (exact) mass is 614 g/mol. The molecule has 0 spiro atoms. The molecule has 2 aliphatic rings. The highest BCUT2D eigenvalue weighted by Crippen LogP contribution is 2.52. The number of carbonyl (C=O) groups is 1. The van der Waals surface area contributed by atoms with Gasteiger partial charge >= 0.3 is 11.7 Å². The van der Waals surface area contributed by atoms with Crippen molar-refractivity contribution in [2.45, 2.75) is 76.5 Å². The Balaban J connectivity index is 1.63. The lowest BCUT2D eigenvalue weighted by Crippen LogP contribution is -2.45. The van der Waals surface area contributed by atoms with Crippen LogP contribution in [0.5, 0.6) is 0 Å². The molecule has 2 fully saturated rings. The smallest absolute Gasteiger partial charge is 0.379 e. The summed E-state index contributed by atoms with van der Waals surface area (Å²) in [5.41, 5.74) is 2.19. The molecule has 1 amide bonds. The van der Waals surface area contributed by atoms with E-state index in [0.29, 0.717) is 43.2 Å². The van der Waals surface area contributed by atoms with Crippen molar-refractivity contribution in [1.82, 2.24) is 24.4 Å².